The van der Waals surface area contributed by atoms with Crippen molar-refractivity contribution < 1.29 is 0 Å². The number of nitrogens with one attached hydrogen (secondary N) is 1. The van der Waals surface area contributed by atoms with Crippen molar-refractivity contribution in [1.82, 2.24) is 5.32 Å². The molecule has 2 rings (SSSR count). The third-order valence-electron chi connectivity index (χ3n) is 2.62. The third-order valence-corrected chi connectivity index (χ3v) is 2.62. The van der Waals surface area contributed by atoms with Gasteiger partial charge in [-0.25, -0.2) is 4.99 Å². The minimum absolute atomic E-state index is 0.484. The summed E-state index contributed by atoms with van der Waals surface area (Å²) >= 11 is 0. The van der Waals surface area contributed by atoms with Crippen molar-refractivity contribution in [1.29, 1.82) is 0 Å². The highest BCUT2D eigenvalue weighted by Crippen LogP contribution is 2.22. The van der Waals surface area contributed by atoms with E-state index in [0.717, 1.165) is 0 Å². The van der Waals surface area contributed by atoms with E-state index < -0.39 is 0 Å². The largest absolute Gasteiger partial charge is 0.370 e. The lowest BCUT2D eigenvalue weighted by Gasteiger charge is -2.13. The smallest absolute Gasteiger partial charge is 0.189 e. The molecule has 0 radical (unpaired) electrons. The van der Waals surface area contributed by atoms with E-state index in [1.54, 1.807) is 0 Å². The quantitative estimate of drug-likeness (QED) is 0.535. The van der Waals surface area contributed by atoms with Crippen LogP contribution in [-0.2, 0) is 0 Å². The zero-order valence-corrected chi connectivity index (χ0v) is 6.71. The Kier molecular flexibility index (Phi) is 1.72. The zero-order valence-electron chi connectivity index (χ0n) is 6.71. The van der Waals surface area contributed by atoms with Crippen molar-refractivity contribution >= 4 is 5.96 Å². The first-order valence-corrected chi connectivity index (χ1v) is 4.46. The average Bonchev–Trinajstić information content (AvgIpc) is 2.17. The van der Waals surface area contributed by atoms with Crippen LogP contribution < -0.4 is 11.1 Å². The van der Waals surface area contributed by atoms with E-state index in [2.05, 4.69) is 10.3 Å². The molecule has 0 saturated heterocycles. The highest BCUT2D eigenvalue weighted by Gasteiger charge is 2.27. The van der Waals surface area contributed by atoms with Crippen LogP contribution in [0.5, 0.6) is 0 Å². The monoisotopic (exact) mass is 153 g/mol. The Morgan fingerprint density at radius 1 is 1.27 bits per heavy atom. The molecule has 3 nitrogen and oxygen atoms in total. The van der Waals surface area contributed by atoms with Crippen molar-refractivity contribution in [2.24, 2.45) is 10.7 Å². The Labute approximate surface area is 67.1 Å². The second-order valence-corrected chi connectivity index (χ2v) is 3.47. The fourth-order valence-electron chi connectivity index (χ4n) is 2.02. The van der Waals surface area contributed by atoms with Crippen LogP contribution >= 0.6 is 0 Å². The molecule has 1 heterocycles. The summed E-state index contributed by atoms with van der Waals surface area (Å²) in [6, 6.07) is 1.04. The Balaban J connectivity index is 2.04. The van der Waals surface area contributed by atoms with Gasteiger partial charge in [-0.1, -0.05) is 19.3 Å². The van der Waals surface area contributed by atoms with E-state index in [-0.39, 0.29) is 0 Å². The van der Waals surface area contributed by atoms with E-state index in [4.69, 9.17) is 5.73 Å². The number of guanidine groups is 1. The van der Waals surface area contributed by atoms with Gasteiger partial charge in [0.1, 0.15) is 0 Å². The number of nitrogens with two attached hydrogens (primary N) is 1. The molecule has 0 aromatic carbocycles. The fraction of sp³-hybridized carbons (Fsp3) is 0.875. The summed E-state index contributed by atoms with van der Waals surface area (Å²) in [7, 11) is 0. The molecule has 3 N–H and O–H groups in total. The minimum Gasteiger partial charge on any atom is -0.370 e. The number of nitrogens with zero attached hydrogens (tertiary/aromatic N) is 1. The summed E-state index contributed by atoms with van der Waals surface area (Å²) in [5.74, 6) is 0.655. The van der Waals surface area contributed by atoms with Gasteiger partial charge in [-0.3, -0.25) is 0 Å². The van der Waals surface area contributed by atoms with Crippen LogP contribution in [0.25, 0.3) is 0 Å². The van der Waals surface area contributed by atoms with E-state index in [1.165, 1.54) is 32.1 Å². The summed E-state index contributed by atoms with van der Waals surface area (Å²) in [5, 5.41) is 3.22. The molecule has 0 spiro atoms. The molecule has 2 unspecified atom stereocenters. The molecular formula is C8H15N3. The standard InChI is InChI=1S/C8H15N3/c9-8-10-6-4-2-1-3-5-7(6)11-8/h6-7H,1-5H2,(H3,9,10,11). The van der Waals surface area contributed by atoms with E-state index in [9.17, 15) is 0 Å². The highest BCUT2D eigenvalue weighted by molar-refractivity contribution is 5.80. The van der Waals surface area contributed by atoms with Crippen molar-refractivity contribution in [3.8, 4) is 0 Å². The Morgan fingerprint density at radius 2 is 2.09 bits per heavy atom. The van der Waals surface area contributed by atoms with Crippen molar-refractivity contribution in [2.45, 2.75) is 44.2 Å². The van der Waals surface area contributed by atoms with Crippen LogP contribution in [0.2, 0.25) is 0 Å². The lowest BCUT2D eigenvalue weighted by atomic mass is 10.1. The molecule has 1 fully saturated rings. The van der Waals surface area contributed by atoms with Crippen molar-refractivity contribution in [3.63, 3.8) is 0 Å². The molecule has 0 aromatic rings. The zero-order chi connectivity index (χ0) is 7.68. The van der Waals surface area contributed by atoms with Crippen molar-refractivity contribution in [3.05, 3.63) is 0 Å². The molecule has 62 valence electrons. The second-order valence-electron chi connectivity index (χ2n) is 3.47. The van der Waals surface area contributed by atoms with Crippen molar-refractivity contribution in [2.75, 3.05) is 0 Å². The van der Waals surface area contributed by atoms with Crippen LogP contribution in [0, 0.1) is 0 Å². The second kappa shape index (κ2) is 2.72. The molecule has 0 amide bonds. The van der Waals surface area contributed by atoms with Gasteiger partial charge in [-0.15, -0.1) is 0 Å². The maximum absolute atomic E-state index is 5.58. The topological polar surface area (TPSA) is 50.4 Å². The summed E-state index contributed by atoms with van der Waals surface area (Å²) in [4.78, 5) is 4.35. The first kappa shape index (κ1) is 6.95. The predicted molar refractivity (Wildman–Crippen MR) is 45.4 cm³/mol. The van der Waals surface area contributed by atoms with E-state index in [0.29, 0.717) is 18.0 Å². The van der Waals surface area contributed by atoms with E-state index in [1.807, 2.05) is 0 Å². The first-order chi connectivity index (χ1) is 5.36. The summed E-state index contributed by atoms with van der Waals surface area (Å²) in [6.07, 6.45) is 6.48. The number of hydrogen-bond donors (Lipinski definition) is 2. The Morgan fingerprint density at radius 3 is 3.00 bits per heavy atom. The maximum atomic E-state index is 5.58. The molecular weight excluding hydrogens is 138 g/mol. The normalized spacial score (nSPS) is 36.9. The fourth-order valence-corrected chi connectivity index (χ4v) is 2.02. The Bertz CT molecular complexity index is 176. The molecule has 2 atom stereocenters. The van der Waals surface area contributed by atoms with Crippen LogP contribution in [0.1, 0.15) is 32.1 Å². The van der Waals surface area contributed by atoms with Gasteiger partial charge in [-0.05, 0) is 12.8 Å². The number of aliphatic imine (C=N–C) groups is 1. The summed E-state index contributed by atoms with van der Waals surface area (Å²) in [5.41, 5.74) is 5.58. The lowest BCUT2D eigenvalue weighted by Crippen LogP contribution is -2.37. The molecule has 2 aliphatic rings. The lowest BCUT2D eigenvalue weighted by molar-refractivity contribution is 0.499. The predicted octanol–water partition coefficient (Wildman–Crippen LogP) is 0.606. The molecule has 3 heteroatoms. The maximum Gasteiger partial charge on any atom is 0.189 e. The van der Waals surface area contributed by atoms with Gasteiger partial charge < -0.3 is 11.1 Å². The molecule has 11 heavy (non-hydrogen) atoms. The number of fused-ring (bicyclic) bond motifs is 1. The van der Waals surface area contributed by atoms with Gasteiger partial charge >= 0.3 is 0 Å². The molecule has 1 aliphatic carbocycles. The summed E-state index contributed by atoms with van der Waals surface area (Å²) in [6.45, 7) is 0. The first-order valence-electron chi connectivity index (χ1n) is 4.46. The SMILES string of the molecule is NC1=NC2CCCCCC2N1. The summed E-state index contributed by atoms with van der Waals surface area (Å²) < 4.78 is 0. The van der Waals surface area contributed by atoms with Gasteiger partial charge in [0.15, 0.2) is 5.96 Å². The average molecular weight is 153 g/mol. The highest BCUT2D eigenvalue weighted by atomic mass is 15.2. The van der Waals surface area contributed by atoms with Crippen LogP contribution in [0.4, 0.5) is 0 Å². The molecule has 1 saturated carbocycles. The van der Waals surface area contributed by atoms with Gasteiger partial charge in [-0.2, -0.15) is 0 Å². The third kappa shape index (κ3) is 1.32. The number of rotatable bonds is 0. The van der Waals surface area contributed by atoms with Gasteiger partial charge in [0.05, 0.1) is 12.1 Å². The van der Waals surface area contributed by atoms with Crippen LogP contribution in [0.3, 0.4) is 0 Å². The van der Waals surface area contributed by atoms with Gasteiger partial charge in [0.25, 0.3) is 0 Å². The molecule has 1 aliphatic heterocycles. The molecule has 0 aromatic heterocycles. The van der Waals surface area contributed by atoms with Gasteiger partial charge in [0.2, 0.25) is 0 Å². The number of hydrogen-bond acceptors (Lipinski definition) is 3. The van der Waals surface area contributed by atoms with E-state index >= 15 is 0 Å². The van der Waals surface area contributed by atoms with Crippen LogP contribution in [-0.4, -0.2) is 18.0 Å². The van der Waals surface area contributed by atoms with Gasteiger partial charge in [0, 0.05) is 0 Å². The minimum atomic E-state index is 0.484. The van der Waals surface area contributed by atoms with Crippen LogP contribution in [0.15, 0.2) is 4.99 Å². The Hall–Kier alpha value is -0.730. The molecule has 0 bridgehead atoms.